The van der Waals surface area contributed by atoms with E-state index in [1.54, 1.807) is 7.11 Å². The van der Waals surface area contributed by atoms with E-state index in [-0.39, 0.29) is 5.91 Å². The Morgan fingerprint density at radius 1 is 1.53 bits per heavy atom. The van der Waals surface area contributed by atoms with E-state index in [9.17, 15) is 4.79 Å². The molecule has 17 heavy (non-hydrogen) atoms. The van der Waals surface area contributed by atoms with Crippen LogP contribution >= 0.6 is 0 Å². The molecule has 0 saturated heterocycles. The molecular weight excluding hydrogens is 216 g/mol. The molecule has 0 saturated carbocycles. The van der Waals surface area contributed by atoms with Crippen molar-refractivity contribution in [3.63, 3.8) is 0 Å². The summed E-state index contributed by atoms with van der Waals surface area (Å²) in [6.07, 6.45) is 1.62. The number of benzene rings is 1. The van der Waals surface area contributed by atoms with E-state index in [1.807, 2.05) is 31.2 Å². The zero-order valence-corrected chi connectivity index (χ0v) is 10.4. The second-order valence-electron chi connectivity index (χ2n) is 3.96. The second-order valence-corrected chi connectivity index (χ2v) is 3.96. The first-order valence-corrected chi connectivity index (χ1v) is 5.83. The number of carbonyl (C=O) groups is 1. The summed E-state index contributed by atoms with van der Waals surface area (Å²) in [7, 11) is 1.62. The van der Waals surface area contributed by atoms with Gasteiger partial charge in [0.1, 0.15) is 5.75 Å². The largest absolute Gasteiger partial charge is 0.497 e. The summed E-state index contributed by atoms with van der Waals surface area (Å²) in [5.41, 5.74) is 6.71. The summed E-state index contributed by atoms with van der Waals surface area (Å²) < 4.78 is 5.11. The van der Waals surface area contributed by atoms with Crippen LogP contribution in [0.5, 0.6) is 5.75 Å². The number of hydrogen-bond acceptors (Lipinski definition) is 3. The first kappa shape index (κ1) is 13.5. The van der Waals surface area contributed by atoms with Crippen molar-refractivity contribution >= 4 is 5.91 Å². The highest BCUT2D eigenvalue weighted by Gasteiger charge is 2.11. The topological polar surface area (TPSA) is 64.4 Å². The minimum absolute atomic E-state index is 0.102. The number of rotatable bonds is 6. The van der Waals surface area contributed by atoms with Crippen LogP contribution in [0.2, 0.25) is 0 Å². The third-order valence-electron chi connectivity index (χ3n) is 2.54. The minimum Gasteiger partial charge on any atom is -0.497 e. The van der Waals surface area contributed by atoms with Crippen molar-refractivity contribution in [1.29, 1.82) is 0 Å². The fourth-order valence-electron chi connectivity index (χ4n) is 1.54. The van der Waals surface area contributed by atoms with Gasteiger partial charge in [-0.15, -0.1) is 0 Å². The van der Waals surface area contributed by atoms with Gasteiger partial charge in [-0.3, -0.25) is 4.79 Å². The van der Waals surface area contributed by atoms with Crippen LogP contribution in [0.4, 0.5) is 0 Å². The molecule has 1 amide bonds. The molecule has 0 spiro atoms. The fraction of sp³-hybridized carbons (Fsp3) is 0.462. The monoisotopic (exact) mass is 236 g/mol. The first-order valence-electron chi connectivity index (χ1n) is 5.83. The average molecular weight is 236 g/mol. The van der Waals surface area contributed by atoms with E-state index in [0.717, 1.165) is 17.7 Å². The van der Waals surface area contributed by atoms with Gasteiger partial charge >= 0.3 is 0 Å². The van der Waals surface area contributed by atoms with Gasteiger partial charge in [-0.05, 0) is 24.1 Å². The van der Waals surface area contributed by atoms with Crippen LogP contribution in [0, 0.1) is 0 Å². The molecule has 1 unspecified atom stereocenters. The van der Waals surface area contributed by atoms with Crippen molar-refractivity contribution in [2.75, 3.05) is 7.11 Å². The van der Waals surface area contributed by atoms with Gasteiger partial charge in [0.25, 0.3) is 0 Å². The molecule has 0 aliphatic carbocycles. The second kappa shape index (κ2) is 6.91. The van der Waals surface area contributed by atoms with Crippen molar-refractivity contribution in [2.45, 2.75) is 32.4 Å². The van der Waals surface area contributed by atoms with Gasteiger partial charge in [0, 0.05) is 6.54 Å². The van der Waals surface area contributed by atoms with Gasteiger partial charge < -0.3 is 15.8 Å². The smallest absolute Gasteiger partial charge is 0.237 e. The van der Waals surface area contributed by atoms with Crippen LogP contribution in [0.15, 0.2) is 24.3 Å². The van der Waals surface area contributed by atoms with E-state index in [0.29, 0.717) is 13.0 Å². The zero-order valence-electron chi connectivity index (χ0n) is 10.4. The minimum atomic E-state index is -0.411. The Balaban J connectivity index is 2.46. The number of methoxy groups -OCH3 is 1. The Morgan fingerprint density at radius 2 is 2.29 bits per heavy atom. The number of hydrogen-bond donors (Lipinski definition) is 2. The maximum atomic E-state index is 11.6. The van der Waals surface area contributed by atoms with E-state index < -0.39 is 6.04 Å². The number of amides is 1. The van der Waals surface area contributed by atoms with Crippen molar-refractivity contribution in [3.05, 3.63) is 29.8 Å². The molecule has 4 heteroatoms. The summed E-state index contributed by atoms with van der Waals surface area (Å²) >= 11 is 0. The van der Waals surface area contributed by atoms with Crippen molar-refractivity contribution in [2.24, 2.45) is 5.73 Å². The molecule has 1 aromatic rings. The summed E-state index contributed by atoms with van der Waals surface area (Å²) in [4.78, 5) is 11.6. The van der Waals surface area contributed by atoms with Gasteiger partial charge in [0.2, 0.25) is 5.91 Å². The molecule has 0 aromatic heterocycles. The molecule has 0 bridgehead atoms. The lowest BCUT2D eigenvalue weighted by molar-refractivity contribution is -0.122. The Kier molecular flexibility index (Phi) is 5.49. The molecule has 1 atom stereocenters. The predicted molar refractivity (Wildman–Crippen MR) is 67.7 cm³/mol. The number of ether oxygens (including phenoxy) is 1. The summed E-state index contributed by atoms with van der Waals surface area (Å²) in [5, 5.41) is 2.82. The average Bonchev–Trinajstić information content (AvgIpc) is 2.36. The lowest BCUT2D eigenvalue weighted by Crippen LogP contribution is -2.40. The lowest BCUT2D eigenvalue weighted by atomic mass is 10.1. The molecular formula is C13H20N2O2. The first-order chi connectivity index (χ1) is 8.17. The number of nitrogens with one attached hydrogen (secondary N) is 1. The van der Waals surface area contributed by atoms with Crippen LogP contribution in [-0.2, 0) is 11.3 Å². The maximum Gasteiger partial charge on any atom is 0.237 e. The number of nitrogens with two attached hydrogens (primary N) is 1. The normalized spacial score (nSPS) is 11.9. The molecule has 3 N–H and O–H groups in total. The van der Waals surface area contributed by atoms with Gasteiger partial charge in [0.15, 0.2) is 0 Å². The van der Waals surface area contributed by atoms with Crippen LogP contribution in [0.1, 0.15) is 25.3 Å². The summed E-state index contributed by atoms with van der Waals surface area (Å²) in [5.74, 6) is 0.685. The summed E-state index contributed by atoms with van der Waals surface area (Å²) in [6, 6.07) is 7.19. The third-order valence-corrected chi connectivity index (χ3v) is 2.54. The van der Waals surface area contributed by atoms with Crippen molar-refractivity contribution in [3.8, 4) is 5.75 Å². The highest BCUT2D eigenvalue weighted by Crippen LogP contribution is 2.12. The molecule has 1 aromatic carbocycles. The highest BCUT2D eigenvalue weighted by atomic mass is 16.5. The van der Waals surface area contributed by atoms with Gasteiger partial charge in [-0.2, -0.15) is 0 Å². The third kappa shape index (κ3) is 4.44. The maximum absolute atomic E-state index is 11.6. The molecule has 0 aliphatic rings. The summed E-state index contributed by atoms with van der Waals surface area (Å²) in [6.45, 7) is 2.49. The van der Waals surface area contributed by atoms with E-state index in [4.69, 9.17) is 10.5 Å². The van der Waals surface area contributed by atoms with Crippen LogP contribution in [-0.4, -0.2) is 19.1 Å². The van der Waals surface area contributed by atoms with Crippen molar-refractivity contribution < 1.29 is 9.53 Å². The molecule has 0 aliphatic heterocycles. The zero-order chi connectivity index (χ0) is 12.7. The quantitative estimate of drug-likeness (QED) is 0.785. The van der Waals surface area contributed by atoms with E-state index in [1.165, 1.54) is 0 Å². The van der Waals surface area contributed by atoms with Gasteiger partial charge in [-0.1, -0.05) is 25.5 Å². The SMILES string of the molecule is CCCC(N)C(=O)NCc1cccc(OC)c1. The Morgan fingerprint density at radius 3 is 2.94 bits per heavy atom. The van der Waals surface area contributed by atoms with Crippen molar-refractivity contribution in [1.82, 2.24) is 5.32 Å². The fourth-order valence-corrected chi connectivity index (χ4v) is 1.54. The molecule has 4 nitrogen and oxygen atoms in total. The van der Waals surface area contributed by atoms with E-state index >= 15 is 0 Å². The van der Waals surface area contributed by atoms with E-state index in [2.05, 4.69) is 5.32 Å². The molecule has 0 radical (unpaired) electrons. The lowest BCUT2D eigenvalue weighted by Gasteiger charge is -2.11. The van der Waals surface area contributed by atoms with Gasteiger partial charge in [0.05, 0.1) is 13.2 Å². The Labute approximate surface area is 102 Å². The Bertz CT molecular complexity index is 366. The van der Waals surface area contributed by atoms with Crippen LogP contribution < -0.4 is 15.8 Å². The van der Waals surface area contributed by atoms with Crippen LogP contribution in [0.25, 0.3) is 0 Å². The Hall–Kier alpha value is -1.55. The standard InChI is InChI=1S/C13H20N2O2/c1-3-5-12(14)13(16)15-9-10-6-4-7-11(8-10)17-2/h4,6-8,12H,3,5,9,14H2,1-2H3,(H,15,16). The van der Waals surface area contributed by atoms with Gasteiger partial charge in [-0.25, -0.2) is 0 Å². The predicted octanol–water partition coefficient (Wildman–Crippen LogP) is 1.44. The highest BCUT2D eigenvalue weighted by molar-refractivity contribution is 5.81. The number of carbonyl (C=O) groups excluding carboxylic acids is 1. The molecule has 94 valence electrons. The molecule has 0 fully saturated rings. The molecule has 0 heterocycles. The molecule has 1 rings (SSSR count). The van der Waals surface area contributed by atoms with Crippen LogP contribution in [0.3, 0.4) is 0 Å².